The summed E-state index contributed by atoms with van der Waals surface area (Å²) in [6, 6.07) is 32.4. The Balaban J connectivity index is 1.40. The van der Waals surface area contributed by atoms with Gasteiger partial charge < -0.3 is 9.84 Å². The highest BCUT2D eigenvalue weighted by Gasteiger charge is 2.19. The first kappa shape index (κ1) is 21.9. The molecule has 0 spiro atoms. The van der Waals surface area contributed by atoms with E-state index in [0.29, 0.717) is 28.0 Å². The van der Waals surface area contributed by atoms with Crippen molar-refractivity contribution in [1.82, 2.24) is 9.55 Å². The molecule has 0 amide bonds. The summed E-state index contributed by atoms with van der Waals surface area (Å²) in [6.07, 6.45) is 3.79. The summed E-state index contributed by atoms with van der Waals surface area (Å²) >= 11 is 5.96. The Labute approximate surface area is 212 Å². The minimum Gasteiger partial charge on any atom is -0.493 e. The molecular formula is C30H20ClN3O2. The second kappa shape index (κ2) is 9.21. The number of halogens is 1. The Kier molecular flexibility index (Phi) is 5.60. The van der Waals surface area contributed by atoms with E-state index < -0.39 is 0 Å². The molecule has 5 nitrogen and oxygen atoms in total. The Morgan fingerprint density at radius 2 is 1.44 bits per heavy atom. The number of aromatic nitrogens is 2. The van der Waals surface area contributed by atoms with Crippen molar-refractivity contribution in [3.8, 4) is 34.5 Å². The number of allylic oxidation sites excluding steroid dienone is 1. The van der Waals surface area contributed by atoms with Gasteiger partial charge in [0.25, 0.3) is 0 Å². The second-order valence-electron chi connectivity index (χ2n) is 8.28. The van der Waals surface area contributed by atoms with Gasteiger partial charge in [-0.1, -0.05) is 60.1 Å². The van der Waals surface area contributed by atoms with Crippen LogP contribution < -0.4 is 15.3 Å². The van der Waals surface area contributed by atoms with E-state index in [2.05, 4.69) is 4.99 Å². The van der Waals surface area contributed by atoms with Crippen LogP contribution in [0.5, 0.6) is 17.4 Å². The molecule has 36 heavy (non-hydrogen) atoms. The second-order valence-corrected chi connectivity index (χ2v) is 8.72. The van der Waals surface area contributed by atoms with Crippen molar-refractivity contribution in [2.45, 2.75) is 0 Å². The molecule has 0 bridgehead atoms. The predicted molar refractivity (Wildman–Crippen MR) is 142 cm³/mol. The van der Waals surface area contributed by atoms with Crippen LogP contribution in [-0.4, -0.2) is 14.7 Å². The summed E-state index contributed by atoms with van der Waals surface area (Å²) in [5.41, 5.74) is 2.82. The molecule has 0 saturated heterocycles. The van der Waals surface area contributed by atoms with Crippen LogP contribution in [0.4, 0.5) is 0 Å². The zero-order valence-corrected chi connectivity index (χ0v) is 19.8. The van der Waals surface area contributed by atoms with E-state index in [-0.39, 0.29) is 5.88 Å². The summed E-state index contributed by atoms with van der Waals surface area (Å²) in [5.74, 6) is 2.02. The molecule has 5 aromatic rings. The smallest absolute Gasteiger partial charge is 0.224 e. The molecule has 4 aromatic carbocycles. The van der Waals surface area contributed by atoms with Crippen LogP contribution in [0.15, 0.2) is 114 Å². The summed E-state index contributed by atoms with van der Waals surface area (Å²) in [5, 5.41) is 13.9. The average molecular weight is 490 g/mol. The van der Waals surface area contributed by atoms with Crippen molar-refractivity contribution < 1.29 is 9.84 Å². The zero-order chi connectivity index (χ0) is 24.5. The molecule has 0 atom stereocenters. The number of benzene rings is 4. The first-order valence-electron chi connectivity index (χ1n) is 11.4. The number of fused-ring (bicyclic) bond motifs is 1. The van der Waals surface area contributed by atoms with E-state index in [9.17, 15) is 5.11 Å². The van der Waals surface area contributed by atoms with E-state index in [1.54, 1.807) is 22.8 Å². The summed E-state index contributed by atoms with van der Waals surface area (Å²) in [7, 11) is 0. The lowest BCUT2D eigenvalue weighted by molar-refractivity contribution is 0.442. The first-order valence-corrected chi connectivity index (χ1v) is 11.8. The van der Waals surface area contributed by atoms with Crippen molar-refractivity contribution in [2.75, 3.05) is 0 Å². The van der Waals surface area contributed by atoms with Crippen molar-refractivity contribution in [2.24, 2.45) is 4.99 Å². The maximum Gasteiger partial charge on any atom is 0.224 e. The Morgan fingerprint density at radius 3 is 2.17 bits per heavy atom. The molecule has 6 heteroatoms. The number of aromatic hydroxyl groups is 1. The third-order valence-electron chi connectivity index (χ3n) is 5.83. The lowest BCUT2D eigenvalue weighted by Gasteiger charge is -2.11. The van der Waals surface area contributed by atoms with E-state index >= 15 is 0 Å². The third-order valence-corrected chi connectivity index (χ3v) is 6.08. The van der Waals surface area contributed by atoms with Gasteiger partial charge in [-0.2, -0.15) is 0 Å². The highest BCUT2D eigenvalue weighted by molar-refractivity contribution is 6.30. The lowest BCUT2D eigenvalue weighted by atomic mass is 10.2. The fourth-order valence-corrected chi connectivity index (χ4v) is 4.24. The zero-order valence-electron chi connectivity index (χ0n) is 19.0. The van der Waals surface area contributed by atoms with Gasteiger partial charge in [-0.25, -0.2) is 9.98 Å². The summed E-state index contributed by atoms with van der Waals surface area (Å²) < 4.78 is 7.65. The number of para-hydroxylation sites is 1. The molecule has 2 heterocycles. The highest BCUT2D eigenvalue weighted by Crippen LogP contribution is 2.33. The largest absolute Gasteiger partial charge is 0.493 e. The Morgan fingerprint density at radius 1 is 0.778 bits per heavy atom. The fraction of sp³-hybridized carbons (Fsp3) is 0. The van der Waals surface area contributed by atoms with Crippen LogP contribution >= 0.6 is 11.6 Å². The third kappa shape index (κ3) is 4.28. The molecule has 0 radical (unpaired) electrons. The number of nitrogens with zero attached hydrogens (tertiary/aromatic N) is 3. The maximum atomic E-state index is 11.3. The molecule has 6 rings (SSSR count). The molecule has 0 unspecified atom stereocenters. The number of rotatable bonds is 5. The summed E-state index contributed by atoms with van der Waals surface area (Å²) in [6.45, 7) is 0. The van der Waals surface area contributed by atoms with Gasteiger partial charge in [-0.15, -0.1) is 0 Å². The normalized spacial score (nSPS) is 13.2. The number of imidazole rings is 1. The average Bonchev–Trinajstić information content (AvgIpc) is 3.47. The first-order chi connectivity index (χ1) is 17.6. The molecule has 0 aliphatic carbocycles. The van der Waals surface area contributed by atoms with Gasteiger partial charge in [0.1, 0.15) is 23.0 Å². The van der Waals surface area contributed by atoms with E-state index in [0.717, 1.165) is 27.5 Å². The number of hydrogen-bond donors (Lipinski definition) is 1. The van der Waals surface area contributed by atoms with Gasteiger partial charge in [-0.3, -0.25) is 4.57 Å². The molecule has 0 fully saturated rings. The molecule has 1 aliphatic heterocycles. The minimum atomic E-state index is 0.0345. The van der Waals surface area contributed by atoms with Crippen molar-refractivity contribution in [3.63, 3.8) is 0 Å². The maximum absolute atomic E-state index is 11.3. The van der Waals surface area contributed by atoms with Crippen LogP contribution in [0.2, 0.25) is 5.02 Å². The SMILES string of the molecule is Oc1c(/C=C2/C=c3ccccc3=N2)nc(-c2ccccc2)n1-c1ccc(Oc2ccc(Cl)cc2)cc1. The molecule has 1 N–H and O–H groups in total. The van der Waals surface area contributed by atoms with Gasteiger partial charge in [0, 0.05) is 15.8 Å². The molecule has 1 aliphatic rings. The number of ether oxygens (including phenoxy) is 1. The molecule has 1 aromatic heterocycles. The van der Waals surface area contributed by atoms with Crippen molar-refractivity contribution >= 4 is 23.8 Å². The van der Waals surface area contributed by atoms with E-state index in [1.165, 1.54) is 0 Å². The van der Waals surface area contributed by atoms with Gasteiger partial charge in [0.05, 0.1) is 16.7 Å². The van der Waals surface area contributed by atoms with Crippen LogP contribution in [0.25, 0.3) is 29.2 Å². The topological polar surface area (TPSA) is 59.6 Å². The quantitative estimate of drug-likeness (QED) is 0.322. The predicted octanol–water partition coefficient (Wildman–Crippen LogP) is 6.15. The van der Waals surface area contributed by atoms with Crippen LogP contribution in [0.3, 0.4) is 0 Å². The standard InChI is InChI=1S/C30H20ClN3O2/c31-22-10-14-25(15-11-22)36-26-16-12-24(13-17-26)34-29(20-6-2-1-3-7-20)33-28(30(34)35)19-23-18-21-8-4-5-9-27(21)32-23/h1-19,35H/b23-19-. The minimum absolute atomic E-state index is 0.0345. The van der Waals surface area contributed by atoms with Crippen molar-refractivity contribution in [1.29, 1.82) is 0 Å². The highest BCUT2D eigenvalue weighted by atomic mass is 35.5. The van der Waals surface area contributed by atoms with E-state index in [4.69, 9.17) is 21.3 Å². The molecule has 0 saturated carbocycles. The monoisotopic (exact) mass is 489 g/mol. The van der Waals surface area contributed by atoms with Gasteiger partial charge in [-0.05, 0) is 66.7 Å². The van der Waals surface area contributed by atoms with Gasteiger partial charge >= 0.3 is 0 Å². The number of hydrogen-bond acceptors (Lipinski definition) is 4. The Hall–Kier alpha value is -4.61. The van der Waals surface area contributed by atoms with Gasteiger partial charge in [0.2, 0.25) is 5.88 Å². The van der Waals surface area contributed by atoms with Crippen LogP contribution in [0.1, 0.15) is 5.69 Å². The van der Waals surface area contributed by atoms with Crippen molar-refractivity contribution in [3.05, 3.63) is 130 Å². The van der Waals surface area contributed by atoms with Crippen LogP contribution in [-0.2, 0) is 0 Å². The van der Waals surface area contributed by atoms with Crippen LogP contribution in [0, 0.1) is 0 Å². The fourth-order valence-electron chi connectivity index (χ4n) is 4.11. The Bertz CT molecular complexity index is 1670. The lowest BCUT2D eigenvalue weighted by Crippen LogP contribution is -2.19. The summed E-state index contributed by atoms with van der Waals surface area (Å²) in [4.78, 5) is 9.44. The molecule has 174 valence electrons. The van der Waals surface area contributed by atoms with Gasteiger partial charge in [0.15, 0.2) is 0 Å². The molecular weight excluding hydrogens is 470 g/mol. The van der Waals surface area contributed by atoms with E-state index in [1.807, 2.05) is 97.1 Å².